The quantitative estimate of drug-likeness (QED) is 0.496. The molecule has 2 rings (SSSR count). The van der Waals surface area contributed by atoms with Gasteiger partial charge in [-0.05, 0) is 51.1 Å². The first-order chi connectivity index (χ1) is 15.7. The van der Waals surface area contributed by atoms with Crippen molar-refractivity contribution < 1.29 is 22.4 Å². The van der Waals surface area contributed by atoms with Crippen molar-refractivity contribution in [3.8, 4) is 0 Å². The second kappa shape index (κ2) is 11.6. The number of amides is 2. The van der Waals surface area contributed by atoms with Crippen LogP contribution < -0.4 is 9.62 Å². The third-order valence-electron chi connectivity index (χ3n) is 4.86. The molecule has 0 heterocycles. The highest BCUT2D eigenvalue weighted by molar-refractivity contribution is 7.92. The van der Waals surface area contributed by atoms with Gasteiger partial charge < -0.3 is 10.2 Å². The molecule has 0 radical (unpaired) electrons. The smallest absolute Gasteiger partial charge is 0.244 e. The van der Waals surface area contributed by atoms with Gasteiger partial charge >= 0.3 is 0 Å². The van der Waals surface area contributed by atoms with Crippen molar-refractivity contribution in [3.05, 3.63) is 62.8 Å². The molecule has 0 aliphatic heterocycles. The first kappa shape index (κ1) is 28.2. The number of halogens is 4. The van der Waals surface area contributed by atoms with Crippen LogP contribution >= 0.6 is 34.8 Å². The Balaban J connectivity index is 2.47. The molecule has 1 N–H and O–H groups in total. The van der Waals surface area contributed by atoms with E-state index < -0.39 is 40.2 Å². The topological polar surface area (TPSA) is 86.8 Å². The molecule has 186 valence electrons. The lowest BCUT2D eigenvalue weighted by Crippen LogP contribution is -2.52. The van der Waals surface area contributed by atoms with Crippen LogP contribution in [0.15, 0.2) is 36.4 Å². The molecule has 0 spiro atoms. The van der Waals surface area contributed by atoms with Crippen LogP contribution in [-0.2, 0) is 26.2 Å². The average Bonchev–Trinajstić information content (AvgIpc) is 2.72. The zero-order chi connectivity index (χ0) is 25.8. The number of carbonyl (C=O) groups excluding carboxylic acids is 2. The number of benzene rings is 2. The molecule has 0 bridgehead atoms. The molecular formula is C22H25Cl3FN3O4S. The Morgan fingerprint density at radius 3 is 2.12 bits per heavy atom. The molecule has 2 amide bonds. The van der Waals surface area contributed by atoms with Gasteiger partial charge in [0, 0.05) is 28.2 Å². The summed E-state index contributed by atoms with van der Waals surface area (Å²) < 4.78 is 39.4. The summed E-state index contributed by atoms with van der Waals surface area (Å²) in [5, 5.41) is 3.00. The molecule has 2 aromatic rings. The number of nitrogens with zero attached hydrogens (tertiary/aromatic N) is 2. The minimum atomic E-state index is -3.98. The van der Waals surface area contributed by atoms with Crippen molar-refractivity contribution in [1.82, 2.24) is 10.2 Å². The first-order valence-electron chi connectivity index (χ1n) is 10.2. The minimum Gasteiger partial charge on any atom is -0.352 e. The lowest BCUT2D eigenvalue weighted by molar-refractivity contribution is -0.139. The Kier molecular flexibility index (Phi) is 9.59. The van der Waals surface area contributed by atoms with Gasteiger partial charge in [-0.15, -0.1) is 0 Å². The highest BCUT2D eigenvalue weighted by Crippen LogP contribution is 2.28. The summed E-state index contributed by atoms with van der Waals surface area (Å²) >= 11 is 18.4. The van der Waals surface area contributed by atoms with E-state index in [0.717, 1.165) is 22.7 Å². The van der Waals surface area contributed by atoms with Crippen molar-refractivity contribution in [2.45, 2.75) is 39.4 Å². The third kappa shape index (κ3) is 7.21. The third-order valence-corrected chi connectivity index (χ3v) is 7.00. The maximum Gasteiger partial charge on any atom is 0.244 e. The van der Waals surface area contributed by atoms with Crippen LogP contribution in [0.25, 0.3) is 0 Å². The fourth-order valence-corrected chi connectivity index (χ4v) is 4.63. The van der Waals surface area contributed by atoms with E-state index in [1.165, 1.54) is 17.9 Å². The van der Waals surface area contributed by atoms with E-state index in [0.29, 0.717) is 5.56 Å². The fraction of sp³-hybridized carbons (Fsp3) is 0.364. The fourth-order valence-electron chi connectivity index (χ4n) is 3.10. The summed E-state index contributed by atoms with van der Waals surface area (Å²) in [6.07, 6.45) is 0.904. The summed E-state index contributed by atoms with van der Waals surface area (Å²) in [5.41, 5.74) is 0.399. The van der Waals surface area contributed by atoms with Crippen molar-refractivity contribution in [2.75, 3.05) is 17.1 Å². The van der Waals surface area contributed by atoms with Crippen LogP contribution in [-0.4, -0.2) is 50.0 Å². The zero-order valence-corrected chi connectivity index (χ0v) is 22.1. The SMILES string of the molecule is CC(C)NC(=O)C(C)N(Cc1c(Cl)cccc1Cl)C(=O)CN(c1ccc(F)c(Cl)c1)S(C)(=O)=O. The minimum absolute atomic E-state index is 0.00254. The Hall–Kier alpha value is -2.07. The van der Waals surface area contributed by atoms with E-state index in [4.69, 9.17) is 34.8 Å². The molecule has 0 aliphatic rings. The van der Waals surface area contributed by atoms with E-state index in [2.05, 4.69) is 5.32 Å². The molecule has 0 aromatic heterocycles. The van der Waals surface area contributed by atoms with Crippen LogP contribution in [0.2, 0.25) is 15.1 Å². The largest absolute Gasteiger partial charge is 0.352 e. The molecule has 1 atom stereocenters. The summed E-state index contributed by atoms with van der Waals surface area (Å²) in [4.78, 5) is 27.4. The predicted molar refractivity (Wildman–Crippen MR) is 133 cm³/mol. The number of carbonyl (C=O) groups is 2. The van der Waals surface area contributed by atoms with E-state index in [1.807, 2.05) is 0 Å². The monoisotopic (exact) mass is 551 g/mol. The molecular weight excluding hydrogens is 528 g/mol. The second-order valence-electron chi connectivity index (χ2n) is 7.93. The maximum atomic E-state index is 13.6. The molecule has 12 heteroatoms. The van der Waals surface area contributed by atoms with Crippen LogP contribution in [0.4, 0.5) is 10.1 Å². The van der Waals surface area contributed by atoms with Gasteiger partial charge in [-0.2, -0.15) is 0 Å². The Morgan fingerprint density at radius 2 is 1.62 bits per heavy atom. The lowest BCUT2D eigenvalue weighted by Gasteiger charge is -2.32. The highest BCUT2D eigenvalue weighted by Gasteiger charge is 2.31. The van der Waals surface area contributed by atoms with Gasteiger partial charge in [0.2, 0.25) is 21.8 Å². The standard InChI is InChI=1S/C22H25Cl3FN3O4S/c1-13(2)27-22(31)14(3)28(11-16-17(23)6-5-7-18(16)24)21(30)12-29(34(4,32)33)15-8-9-20(26)19(25)10-15/h5-10,13-14H,11-12H2,1-4H3,(H,27,31). The van der Waals surface area contributed by atoms with Crippen LogP contribution in [0.1, 0.15) is 26.3 Å². The van der Waals surface area contributed by atoms with Gasteiger partial charge in [-0.3, -0.25) is 13.9 Å². The van der Waals surface area contributed by atoms with Crippen LogP contribution in [0.3, 0.4) is 0 Å². The molecule has 2 aromatic carbocycles. The highest BCUT2D eigenvalue weighted by atomic mass is 35.5. The van der Waals surface area contributed by atoms with E-state index in [-0.39, 0.29) is 33.3 Å². The molecule has 0 fully saturated rings. The van der Waals surface area contributed by atoms with E-state index in [9.17, 15) is 22.4 Å². The van der Waals surface area contributed by atoms with Crippen molar-refractivity contribution >= 4 is 62.3 Å². The van der Waals surface area contributed by atoms with Gasteiger partial charge in [0.15, 0.2) is 0 Å². The number of rotatable bonds is 9. The molecule has 1 unspecified atom stereocenters. The molecule has 0 saturated carbocycles. The zero-order valence-electron chi connectivity index (χ0n) is 19.0. The first-order valence-corrected chi connectivity index (χ1v) is 13.2. The van der Waals surface area contributed by atoms with Crippen molar-refractivity contribution in [2.24, 2.45) is 0 Å². The van der Waals surface area contributed by atoms with Crippen LogP contribution in [0.5, 0.6) is 0 Å². The summed E-state index contributed by atoms with van der Waals surface area (Å²) in [6, 6.07) is 6.94. The number of hydrogen-bond acceptors (Lipinski definition) is 4. The van der Waals surface area contributed by atoms with Crippen molar-refractivity contribution in [3.63, 3.8) is 0 Å². The Bertz CT molecular complexity index is 1160. The predicted octanol–water partition coefficient (Wildman–Crippen LogP) is 4.49. The molecule has 34 heavy (non-hydrogen) atoms. The van der Waals surface area contributed by atoms with Gasteiger partial charge in [0.05, 0.1) is 17.0 Å². The Morgan fingerprint density at radius 1 is 1.03 bits per heavy atom. The second-order valence-corrected chi connectivity index (χ2v) is 11.1. The van der Waals surface area contributed by atoms with Crippen molar-refractivity contribution in [1.29, 1.82) is 0 Å². The molecule has 7 nitrogen and oxygen atoms in total. The van der Waals surface area contributed by atoms with Gasteiger partial charge in [-0.1, -0.05) is 40.9 Å². The summed E-state index contributed by atoms with van der Waals surface area (Å²) in [7, 11) is -3.98. The van der Waals surface area contributed by atoms with Gasteiger partial charge in [0.25, 0.3) is 0 Å². The maximum absolute atomic E-state index is 13.6. The number of anilines is 1. The number of hydrogen-bond donors (Lipinski definition) is 1. The number of sulfonamides is 1. The summed E-state index contributed by atoms with van der Waals surface area (Å²) in [5.74, 6) is -1.88. The molecule has 0 aliphatic carbocycles. The Labute approximate surface area is 213 Å². The van der Waals surface area contributed by atoms with E-state index >= 15 is 0 Å². The number of nitrogens with one attached hydrogen (secondary N) is 1. The average molecular weight is 553 g/mol. The summed E-state index contributed by atoms with van der Waals surface area (Å²) in [6.45, 7) is 4.24. The molecule has 0 saturated heterocycles. The lowest BCUT2D eigenvalue weighted by atomic mass is 10.1. The van der Waals surface area contributed by atoms with Crippen LogP contribution in [0, 0.1) is 5.82 Å². The normalized spacial score (nSPS) is 12.4. The van der Waals surface area contributed by atoms with Gasteiger partial charge in [-0.25, -0.2) is 12.8 Å². The van der Waals surface area contributed by atoms with Gasteiger partial charge in [0.1, 0.15) is 18.4 Å². The van der Waals surface area contributed by atoms with E-state index in [1.54, 1.807) is 32.0 Å².